The van der Waals surface area contributed by atoms with Gasteiger partial charge in [0.2, 0.25) is 5.95 Å². The number of esters is 1. The van der Waals surface area contributed by atoms with E-state index in [0.29, 0.717) is 13.0 Å². The number of carbonyl (C=O) groups is 2. The van der Waals surface area contributed by atoms with Crippen molar-refractivity contribution in [3.05, 3.63) is 29.8 Å². The fraction of sp³-hybridized carbons (Fsp3) is 0.462. The number of piperidine rings is 1. The molecule has 102 valence electrons. The highest BCUT2D eigenvalue weighted by Crippen LogP contribution is 2.20. The fourth-order valence-electron chi connectivity index (χ4n) is 2.23. The second-order valence-electron chi connectivity index (χ2n) is 4.38. The highest BCUT2D eigenvalue weighted by Gasteiger charge is 2.33. The Bertz CT molecular complexity index is 493. The third kappa shape index (κ3) is 2.89. The Hall–Kier alpha value is -1.98. The Morgan fingerprint density at radius 1 is 1.42 bits per heavy atom. The van der Waals surface area contributed by atoms with Crippen LogP contribution in [0.4, 0.5) is 4.39 Å². The van der Waals surface area contributed by atoms with Crippen molar-refractivity contribution < 1.29 is 18.7 Å². The molecule has 0 unspecified atom stereocenters. The molecule has 0 bridgehead atoms. The van der Waals surface area contributed by atoms with Crippen LogP contribution in [0.3, 0.4) is 0 Å². The molecule has 2 rings (SSSR count). The first-order chi connectivity index (χ1) is 9.13. The van der Waals surface area contributed by atoms with Gasteiger partial charge in [-0.3, -0.25) is 4.79 Å². The first-order valence-corrected chi connectivity index (χ1v) is 6.15. The van der Waals surface area contributed by atoms with Gasteiger partial charge >= 0.3 is 5.97 Å². The molecule has 0 spiro atoms. The van der Waals surface area contributed by atoms with Crippen molar-refractivity contribution in [3.8, 4) is 0 Å². The second-order valence-corrected chi connectivity index (χ2v) is 4.38. The standard InChI is InChI=1S/C13H15FN2O3/c1-19-13(18)10-6-2-3-8-16(10)12(17)9-5-4-7-11(14)15-9/h4-5,7,10H,2-3,6,8H2,1H3/t10-/m1/s1. The Kier molecular flexibility index (Phi) is 4.09. The van der Waals surface area contributed by atoms with Gasteiger partial charge in [0.15, 0.2) is 0 Å². The normalized spacial score (nSPS) is 19.1. The summed E-state index contributed by atoms with van der Waals surface area (Å²) in [6.45, 7) is 0.455. The molecular weight excluding hydrogens is 251 g/mol. The molecule has 0 aromatic carbocycles. The molecule has 0 aliphatic carbocycles. The number of methoxy groups -OCH3 is 1. The summed E-state index contributed by atoms with van der Waals surface area (Å²) < 4.78 is 17.7. The van der Waals surface area contributed by atoms with Crippen LogP contribution in [0.1, 0.15) is 29.8 Å². The van der Waals surface area contributed by atoms with E-state index in [1.54, 1.807) is 0 Å². The molecule has 0 radical (unpaired) electrons. The largest absolute Gasteiger partial charge is 0.467 e. The molecule has 0 N–H and O–H groups in total. The molecule has 5 nitrogen and oxygen atoms in total. The van der Waals surface area contributed by atoms with Gasteiger partial charge < -0.3 is 9.64 Å². The summed E-state index contributed by atoms with van der Waals surface area (Å²) in [7, 11) is 1.29. The maximum atomic E-state index is 13.0. The van der Waals surface area contributed by atoms with Crippen molar-refractivity contribution in [2.45, 2.75) is 25.3 Å². The van der Waals surface area contributed by atoms with Crippen molar-refractivity contribution in [3.63, 3.8) is 0 Å². The van der Waals surface area contributed by atoms with E-state index in [0.717, 1.165) is 12.8 Å². The van der Waals surface area contributed by atoms with E-state index in [9.17, 15) is 14.0 Å². The zero-order valence-corrected chi connectivity index (χ0v) is 10.6. The topological polar surface area (TPSA) is 59.5 Å². The Balaban J connectivity index is 2.22. The minimum absolute atomic E-state index is 0.0100. The summed E-state index contributed by atoms with van der Waals surface area (Å²) in [4.78, 5) is 28.9. The Morgan fingerprint density at radius 3 is 2.89 bits per heavy atom. The zero-order chi connectivity index (χ0) is 13.8. The molecule has 2 heterocycles. The van der Waals surface area contributed by atoms with Crippen LogP contribution in [0, 0.1) is 5.95 Å². The van der Waals surface area contributed by atoms with Crippen LogP contribution in [0.2, 0.25) is 0 Å². The highest BCUT2D eigenvalue weighted by molar-refractivity contribution is 5.95. The Labute approximate surface area is 110 Å². The minimum Gasteiger partial charge on any atom is -0.467 e. The quantitative estimate of drug-likeness (QED) is 0.599. The van der Waals surface area contributed by atoms with Crippen molar-refractivity contribution in [2.75, 3.05) is 13.7 Å². The lowest BCUT2D eigenvalue weighted by Crippen LogP contribution is -2.48. The SMILES string of the molecule is COC(=O)[C@H]1CCCCN1C(=O)c1cccc(F)n1. The molecule has 1 aliphatic heterocycles. The van der Waals surface area contributed by atoms with E-state index in [2.05, 4.69) is 4.98 Å². The molecule has 1 aromatic heterocycles. The lowest BCUT2D eigenvalue weighted by molar-refractivity contribution is -0.147. The molecule has 1 atom stereocenters. The predicted octanol–water partition coefficient (Wildman–Crippen LogP) is 1.39. The van der Waals surface area contributed by atoms with Gasteiger partial charge in [0.05, 0.1) is 7.11 Å². The molecular formula is C13H15FN2O3. The number of aromatic nitrogens is 1. The van der Waals surface area contributed by atoms with E-state index < -0.39 is 23.9 Å². The summed E-state index contributed by atoms with van der Waals surface area (Å²) in [6, 6.07) is 3.43. The number of carbonyl (C=O) groups excluding carboxylic acids is 2. The summed E-state index contributed by atoms with van der Waals surface area (Å²) in [5.74, 6) is -1.59. The third-order valence-electron chi connectivity index (χ3n) is 3.17. The lowest BCUT2D eigenvalue weighted by Gasteiger charge is -2.33. The second kappa shape index (κ2) is 5.77. The third-order valence-corrected chi connectivity index (χ3v) is 3.17. The number of rotatable bonds is 2. The van der Waals surface area contributed by atoms with Crippen LogP contribution in [0.5, 0.6) is 0 Å². The first kappa shape index (κ1) is 13.5. The number of hydrogen-bond donors (Lipinski definition) is 0. The van der Waals surface area contributed by atoms with E-state index in [1.807, 2.05) is 0 Å². The van der Waals surface area contributed by atoms with E-state index in [4.69, 9.17) is 4.74 Å². The number of ether oxygens (including phenoxy) is 1. The average Bonchev–Trinajstić information content (AvgIpc) is 2.45. The molecule has 1 fully saturated rings. The van der Waals surface area contributed by atoms with Crippen LogP contribution >= 0.6 is 0 Å². The van der Waals surface area contributed by atoms with E-state index in [-0.39, 0.29) is 5.69 Å². The molecule has 1 aromatic rings. The maximum Gasteiger partial charge on any atom is 0.328 e. The summed E-state index contributed by atoms with van der Waals surface area (Å²) in [6.07, 6.45) is 2.24. The molecule has 0 saturated carbocycles. The number of amides is 1. The van der Waals surface area contributed by atoms with Gasteiger partial charge in [-0.25, -0.2) is 9.78 Å². The van der Waals surface area contributed by atoms with Gasteiger partial charge in [-0.15, -0.1) is 0 Å². The number of likely N-dealkylation sites (tertiary alicyclic amines) is 1. The van der Waals surface area contributed by atoms with Crippen molar-refractivity contribution >= 4 is 11.9 Å². The summed E-state index contributed by atoms with van der Waals surface area (Å²) in [5.41, 5.74) is 0.0100. The molecule has 19 heavy (non-hydrogen) atoms. The van der Waals surface area contributed by atoms with Crippen molar-refractivity contribution in [1.29, 1.82) is 0 Å². The average molecular weight is 266 g/mol. The Morgan fingerprint density at radius 2 is 2.21 bits per heavy atom. The van der Waals surface area contributed by atoms with E-state index in [1.165, 1.54) is 30.2 Å². The van der Waals surface area contributed by atoms with Crippen molar-refractivity contribution in [2.24, 2.45) is 0 Å². The number of nitrogens with zero attached hydrogens (tertiary/aromatic N) is 2. The summed E-state index contributed by atoms with van der Waals surface area (Å²) in [5, 5.41) is 0. The van der Waals surface area contributed by atoms with Crippen LogP contribution in [-0.2, 0) is 9.53 Å². The molecule has 1 amide bonds. The van der Waals surface area contributed by atoms with Crippen LogP contribution in [0.15, 0.2) is 18.2 Å². The zero-order valence-electron chi connectivity index (χ0n) is 10.6. The van der Waals surface area contributed by atoms with Gasteiger partial charge in [0, 0.05) is 6.54 Å². The van der Waals surface area contributed by atoms with Gasteiger partial charge in [-0.1, -0.05) is 6.07 Å². The van der Waals surface area contributed by atoms with Crippen LogP contribution in [0.25, 0.3) is 0 Å². The molecule has 6 heteroatoms. The van der Waals surface area contributed by atoms with Crippen LogP contribution < -0.4 is 0 Å². The number of hydrogen-bond acceptors (Lipinski definition) is 4. The minimum atomic E-state index is -0.711. The van der Waals surface area contributed by atoms with Crippen molar-refractivity contribution in [1.82, 2.24) is 9.88 Å². The highest BCUT2D eigenvalue weighted by atomic mass is 19.1. The molecule has 1 aliphatic rings. The first-order valence-electron chi connectivity index (χ1n) is 6.15. The van der Waals surface area contributed by atoms with Gasteiger partial charge in [-0.2, -0.15) is 4.39 Å². The smallest absolute Gasteiger partial charge is 0.328 e. The number of halogens is 1. The maximum absolute atomic E-state index is 13.0. The van der Waals surface area contributed by atoms with Crippen LogP contribution in [-0.4, -0.2) is 41.5 Å². The van der Waals surface area contributed by atoms with Gasteiger partial charge in [-0.05, 0) is 31.4 Å². The fourth-order valence-corrected chi connectivity index (χ4v) is 2.23. The number of pyridine rings is 1. The van der Waals surface area contributed by atoms with Gasteiger partial charge in [0.25, 0.3) is 5.91 Å². The monoisotopic (exact) mass is 266 g/mol. The van der Waals surface area contributed by atoms with Gasteiger partial charge in [0.1, 0.15) is 11.7 Å². The summed E-state index contributed by atoms with van der Waals surface area (Å²) >= 11 is 0. The molecule has 1 saturated heterocycles. The predicted molar refractivity (Wildman–Crippen MR) is 64.9 cm³/mol. The van der Waals surface area contributed by atoms with E-state index >= 15 is 0 Å². The lowest BCUT2D eigenvalue weighted by atomic mass is 10.0.